The summed E-state index contributed by atoms with van der Waals surface area (Å²) in [7, 11) is 0. The second kappa shape index (κ2) is 6.53. The molecule has 0 saturated heterocycles. The van der Waals surface area contributed by atoms with E-state index in [-0.39, 0.29) is 11.6 Å². The Balaban J connectivity index is 2.15. The zero-order valence-corrected chi connectivity index (χ0v) is 12.2. The van der Waals surface area contributed by atoms with Crippen molar-refractivity contribution in [1.29, 1.82) is 0 Å². The van der Waals surface area contributed by atoms with Crippen molar-refractivity contribution in [3.05, 3.63) is 69.6 Å². The molecule has 0 spiro atoms. The third-order valence-corrected chi connectivity index (χ3v) is 3.59. The van der Waals surface area contributed by atoms with Crippen molar-refractivity contribution in [2.75, 3.05) is 0 Å². The Kier molecular flexibility index (Phi) is 4.74. The number of pyridine rings is 1. The van der Waals surface area contributed by atoms with Gasteiger partial charge in [-0.25, -0.2) is 0 Å². The van der Waals surface area contributed by atoms with Gasteiger partial charge in [0.15, 0.2) is 0 Å². The average Bonchev–Trinajstić information content (AvgIpc) is 2.44. The molecule has 0 aliphatic rings. The maximum absolute atomic E-state index is 11.9. The van der Waals surface area contributed by atoms with Crippen LogP contribution >= 0.6 is 0 Å². The number of rotatable bonds is 5. The SMILES string of the molecule is CCCc1ccc(C(N)Cn2c(C)cccc2=O)cc1. The summed E-state index contributed by atoms with van der Waals surface area (Å²) >= 11 is 0. The first kappa shape index (κ1) is 14.5. The Hall–Kier alpha value is -1.87. The monoisotopic (exact) mass is 270 g/mol. The lowest BCUT2D eigenvalue weighted by molar-refractivity contribution is 0.550. The molecular weight excluding hydrogens is 248 g/mol. The van der Waals surface area contributed by atoms with Crippen LogP contribution in [0.1, 0.15) is 36.2 Å². The van der Waals surface area contributed by atoms with Gasteiger partial charge < -0.3 is 10.3 Å². The van der Waals surface area contributed by atoms with Gasteiger partial charge in [-0.2, -0.15) is 0 Å². The molecule has 20 heavy (non-hydrogen) atoms. The minimum Gasteiger partial charge on any atom is -0.322 e. The van der Waals surface area contributed by atoms with Crippen molar-refractivity contribution in [1.82, 2.24) is 4.57 Å². The van der Waals surface area contributed by atoms with Crippen LogP contribution in [0.2, 0.25) is 0 Å². The van der Waals surface area contributed by atoms with Crippen LogP contribution in [-0.2, 0) is 13.0 Å². The van der Waals surface area contributed by atoms with Gasteiger partial charge in [-0.1, -0.05) is 43.7 Å². The van der Waals surface area contributed by atoms with Gasteiger partial charge >= 0.3 is 0 Å². The Morgan fingerprint density at radius 1 is 1.15 bits per heavy atom. The molecule has 1 heterocycles. The van der Waals surface area contributed by atoms with E-state index in [0.717, 1.165) is 24.1 Å². The smallest absolute Gasteiger partial charge is 0.250 e. The molecule has 1 atom stereocenters. The Labute approximate surface area is 120 Å². The number of benzene rings is 1. The van der Waals surface area contributed by atoms with Crippen molar-refractivity contribution in [3.63, 3.8) is 0 Å². The second-order valence-corrected chi connectivity index (χ2v) is 5.21. The summed E-state index contributed by atoms with van der Waals surface area (Å²) in [6.45, 7) is 4.61. The quantitative estimate of drug-likeness (QED) is 0.908. The zero-order chi connectivity index (χ0) is 14.5. The highest BCUT2D eigenvalue weighted by Crippen LogP contribution is 2.14. The van der Waals surface area contributed by atoms with E-state index in [0.29, 0.717) is 6.54 Å². The van der Waals surface area contributed by atoms with Crippen LogP contribution in [0.5, 0.6) is 0 Å². The summed E-state index contributed by atoms with van der Waals surface area (Å²) < 4.78 is 1.73. The van der Waals surface area contributed by atoms with Crippen molar-refractivity contribution >= 4 is 0 Å². The topological polar surface area (TPSA) is 48.0 Å². The summed E-state index contributed by atoms with van der Waals surface area (Å²) in [4.78, 5) is 11.9. The van der Waals surface area contributed by atoms with E-state index in [1.54, 1.807) is 16.7 Å². The lowest BCUT2D eigenvalue weighted by atomic mass is 10.0. The fraction of sp³-hybridized carbons (Fsp3) is 0.353. The summed E-state index contributed by atoms with van der Waals surface area (Å²) in [6.07, 6.45) is 2.23. The number of nitrogens with zero attached hydrogens (tertiary/aromatic N) is 1. The molecule has 1 aromatic heterocycles. The van der Waals surface area contributed by atoms with Crippen molar-refractivity contribution < 1.29 is 0 Å². The first-order valence-electron chi connectivity index (χ1n) is 7.12. The summed E-state index contributed by atoms with van der Waals surface area (Å²) in [5.41, 5.74) is 9.57. The highest BCUT2D eigenvalue weighted by atomic mass is 16.1. The molecule has 0 saturated carbocycles. The molecule has 1 aromatic carbocycles. The van der Waals surface area contributed by atoms with Gasteiger partial charge in [0.1, 0.15) is 0 Å². The summed E-state index contributed by atoms with van der Waals surface area (Å²) in [5.74, 6) is 0. The minimum absolute atomic E-state index is 0.00283. The van der Waals surface area contributed by atoms with Crippen molar-refractivity contribution in [3.8, 4) is 0 Å². The zero-order valence-electron chi connectivity index (χ0n) is 12.2. The van der Waals surface area contributed by atoms with Gasteiger partial charge in [0.25, 0.3) is 5.56 Å². The molecule has 0 radical (unpaired) electrons. The first-order chi connectivity index (χ1) is 9.61. The highest BCUT2D eigenvalue weighted by Gasteiger charge is 2.09. The Morgan fingerprint density at radius 3 is 2.45 bits per heavy atom. The summed E-state index contributed by atoms with van der Waals surface area (Å²) in [6, 6.07) is 13.5. The van der Waals surface area contributed by atoms with E-state index >= 15 is 0 Å². The van der Waals surface area contributed by atoms with Gasteiger partial charge in [0.2, 0.25) is 0 Å². The lowest BCUT2D eigenvalue weighted by Gasteiger charge is -2.16. The lowest BCUT2D eigenvalue weighted by Crippen LogP contribution is -2.27. The van der Waals surface area contributed by atoms with Gasteiger partial charge in [-0.15, -0.1) is 0 Å². The standard InChI is InChI=1S/C17H22N2O/c1-3-5-14-8-10-15(11-9-14)16(18)12-19-13(2)6-4-7-17(19)20/h4,6-11,16H,3,5,12,18H2,1-2H3. The van der Waals surface area contributed by atoms with E-state index in [1.165, 1.54) is 5.56 Å². The summed E-state index contributed by atoms with van der Waals surface area (Å²) in [5, 5.41) is 0. The third-order valence-electron chi connectivity index (χ3n) is 3.59. The van der Waals surface area contributed by atoms with Crippen LogP contribution in [-0.4, -0.2) is 4.57 Å². The molecular formula is C17H22N2O. The van der Waals surface area contributed by atoms with Crippen LogP contribution in [0.25, 0.3) is 0 Å². The number of hydrogen-bond donors (Lipinski definition) is 1. The molecule has 0 aliphatic heterocycles. The van der Waals surface area contributed by atoms with Crippen LogP contribution in [0.3, 0.4) is 0 Å². The molecule has 0 bridgehead atoms. The molecule has 1 unspecified atom stereocenters. The normalized spacial score (nSPS) is 12.3. The van der Waals surface area contributed by atoms with Gasteiger partial charge in [0, 0.05) is 24.3 Å². The maximum atomic E-state index is 11.9. The van der Waals surface area contributed by atoms with Crippen LogP contribution < -0.4 is 11.3 Å². The predicted molar refractivity (Wildman–Crippen MR) is 82.8 cm³/mol. The second-order valence-electron chi connectivity index (χ2n) is 5.21. The molecule has 2 aromatic rings. The molecule has 2 rings (SSSR count). The van der Waals surface area contributed by atoms with Gasteiger partial charge in [-0.3, -0.25) is 4.79 Å². The predicted octanol–water partition coefficient (Wildman–Crippen LogP) is 2.81. The van der Waals surface area contributed by atoms with Crippen LogP contribution in [0.4, 0.5) is 0 Å². The van der Waals surface area contributed by atoms with Crippen LogP contribution in [0, 0.1) is 6.92 Å². The van der Waals surface area contributed by atoms with E-state index in [1.807, 2.05) is 13.0 Å². The minimum atomic E-state index is -0.163. The molecule has 2 N–H and O–H groups in total. The molecule has 0 fully saturated rings. The number of aromatic nitrogens is 1. The molecule has 3 heteroatoms. The van der Waals surface area contributed by atoms with E-state index in [9.17, 15) is 4.79 Å². The van der Waals surface area contributed by atoms with Crippen molar-refractivity contribution in [2.24, 2.45) is 5.73 Å². The van der Waals surface area contributed by atoms with E-state index < -0.39 is 0 Å². The van der Waals surface area contributed by atoms with E-state index in [4.69, 9.17) is 5.73 Å². The average molecular weight is 270 g/mol. The van der Waals surface area contributed by atoms with Crippen LogP contribution in [0.15, 0.2) is 47.3 Å². The Morgan fingerprint density at radius 2 is 1.85 bits per heavy atom. The van der Waals surface area contributed by atoms with E-state index in [2.05, 4.69) is 31.2 Å². The number of hydrogen-bond acceptors (Lipinski definition) is 2. The fourth-order valence-electron chi connectivity index (χ4n) is 2.38. The maximum Gasteiger partial charge on any atom is 0.250 e. The fourth-order valence-corrected chi connectivity index (χ4v) is 2.38. The first-order valence-corrected chi connectivity index (χ1v) is 7.12. The van der Waals surface area contributed by atoms with Crippen molar-refractivity contribution in [2.45, 2.75) is 39.3 Å². The van der Waals surface area contributed by atoms with Gasteiger partial charge in [-0.05, 0) is 30.5 Å². The Bertz CT molecular complexity index is 614. The highest BCUT2D eigenvalue weighted by molar-refractivity contribution is 5.25. The number of nitrogens with two attached hydrogens (primary N) is 1. The largest absolute Gasteiger partial charge is 0.322 e. The molecule has 3 nitrogen and oxygen atoms in total. The third kappa shape index (κ3) is 3.36. The number of aryl methyl sites for hydroxylation is 2. The molecule has 0 amide bonds. The molecule has 106 valence electrons. The molecule has 0 aliphatic carbocycles. The van der Waals surface area contributed by atoms with Gasteiger partial charge in [0.05, 0.1) is 0 Å².